The molecule has 55 heavy (non-hydrogen) atoms. The fraction of sp³-hybridized carbons (Fsp3) is 1.00. The van der Waals surface area contributed by atoms with E-state index < -0.39 is 150 Å². The average Bonchev–Trinajstić information content (AvgIpc) is 2.94. The molecule has 4 unspecified atom stereocenters. The Morgan fingerprint density at radius 2 is 0.727 bits per heavy atom. The zero-order valence-corrected chi connectivity index (χ0v) is 33.6. The van der Waals surface area contributed by atoms with E-state index in [9.17, 15) is 102 Å². The molecular formula is C26H41F21O4Si4. The fourth-order valence-electron chi connectivity index (χ4n) is 5.21. The van der Waals surface area contributed by atoms with Crippen molar-refractivity contribution < 1.29 is 110 Å². The Bertz CT molecular complexity index is 1230. The lowest BCUT2D eigenvalue weighted by molar-refractivity contribution is -0.425. The summed E-state index contributed by atoms with van der Waals surface area (Å²) in [7, 11) is -18.9. The Hall–Kier alpha value is -0.762. The molecule has 0 aliphatic carbocycles. The second kappa shape index (κ2) is 17.5. The number of rotatable bonds is 23. The lowest BCUT2D eigenvalue weighted by Gasteiger charge is -2.43. The maximum Gasteiger partial charge on any atom is 0.389 e. The quantitative estimate of drug-likeness (QED) is 0.0792. The minimum absolute atomic E-state index is 0.0480. The highest BCUT2D eigenvalue weighted by molar-refractivity contribution is 6.87. The van der Waals surface area contributed by atoms with Crippen LogP contribution in [0.1, 0.15) is 45.4 Å². The molecule has 29 heteroatoms. The predicted octanol–water partition coefficient (Wildman–Crippen LogP) is 12.2. The van der Waals surface area contributed by atoms with Crippen molar-refractivity contribution in [3.05, 3.63) is 0 Å². The van der Waals surface area contributed by atoms with Gasteiger partial charge in [0, 0.05) is 32.1 Å². The molecule has 0 spiro atoms. The lowest BCUT2D eigenvalue weighted by Crippen LogP contribution is -2.70. The molecule has 332 valence electrons. The highest BCUT2D eigenvalue weighted by Gasteiger charge is 2.89. The highest BCUT2D eigenvalue weighted by Crippen LogP contribution is 2.61. The first-order chi connectivity index (χ1) is 23.8. The maximum atomic E-state index is 14.9. The number of hydrogen-bond acceptors (Lipinski definition) is 4. The van der Waals surface area contributed by atoms with Crippen LogP contribution in [0.4, 0.5) is 92.2 Å². The molecule has 4 atom stereocenters. The molecule has 0 radical (unpaired) electrons. The largest absolute Gasteiger partial charge is 0.436 e. The van der Waals surface area contributed by atoms with E-state index in [0.29, 0.717) is 19.6 Å². The van der Waals surface area contributed by atoms with Crippen LogP contribution in [0, 0.1) is 0 Å². The maximum absolute atomic E-state index is 14.9. The molecular weight excluding hydrogens is 888 g/mol. The third kappa shape index (κ3) is 15.4. The van der Waals surface area contributed by atoms with Gasteiger partial charge in [0.25, 0.3) is 0 Å². The van der Waals surface area contributed by atoms with Gasteiger partial charge >= 0.3 is 71.2 Å². The third-order valence-corrected chi connectivity index (χ3v) is 23.4. The summed E-state index contributed by atoms with van der Waals surface area (Å²) in [4.78, 5) is 20.5. The van der Waals surface area contributed by atoms with Gasteiger partial charge in [-0.15, -0.1) is 0 Å². The van der Waals surface area contributed by atoms with Crippen LogP contribution in [0.15, 0.2) is 0 Å². The van der Waals surface area contributed by atoms with Gasteiger partial charge in [-0.1, -0.05) is 13.3 Å². The van der Waals surface area contributed by atoms with Crippen molar-refractivity contribution in [3.63, 3.8) is 0 Å². The van der Waals surface area contributed by atoms with Gasteiger partial charge in [-0.3, -0.25) is 0 Å². The first-order valence-corrected chi connectivity index (χ1v) is 26.8. The van der Waals surface area contributed by atoms with Crippen molar-refractivity contribution in [3.8, 4) is 0 Å². The minimum atomic E-state index is -8.06. The Labute approximate surface area is 305 Å². The van der Waals surface area contributed by atoms with E-state index >= 15 is 0 Å². The van der Waals surface area contributed by atoms with Crippen LogP contribution in [0.5, 0.6) is 0 Å². The van der Waals surface area contributed by atoms with Gasteiger partial charge in [-0.05, 0) is 62.5 Å². The molecule has 0 aromatic carbocycles. The zero-order chi connectivity index (χ0) is 44.4. The molecule has 0 bridgehead atoms. The van der Waals surface area contributed by atoms with Gasteiger partial charge in [0.1, 0.15) is 0 Å². The molecule has 0 aliphatic heterocycles. The molecule has 2 N–H and O–H groups in total. The Kier molecular flexibility index (Phi) is 17.2. The topological polar surface area (TPSA) is 58.9 Å². The summed E-state index contributed by atoms with van der Waals surface area (Å²) >= 11 is 0. The van der Waals surface area contributed by atoms with E-state index in [-0.39, 0.29) is 12.5 Å². The summed E-state index contributed by atoms with van der Waals surface area (Å²) in [5, 5.41) is 0. The van der Waals surface area contributed by atoms with Crippen LogP contribution in [-0.4, -0.2) is 97.4 Å². The molecule has 0 rings (SSSR count). The molecule has 0 fully saturated rings. The molecule has 0 saturated heterocycles. The summed E-state index contributed by atoms with van der Waals surface area (Å²) in [6.07, 6.45) is -26.8. The smallest absolute Gasteiger partial charge is 0.389 e. The van der Waals surface area contributed by atoms with Gasteiger partial charge < -0.3 is 17.8 Å². The number of hydrogen-bond donors (Lipinski definition) is 2. The van der Waals surface area contributed by atoms with E-state index in [0.717, 1.165) is 6.55 Å². The monoisotopic (exact) mass is 928 g/mol. The van der Waals surface area contributed by atoms with Crippen LogP contribution >= 0.6 is 0 Å². The van der Waals surface area contributed by atoms with Crippen molar-refractivity contribution in [1.29, 1.82) is 0 Å². The van der Waals surface area contributed by atoms with Crippen LogP contribution < -0.4 is 0 Å². The van der Waals surface area contributed by atoms with E-state index in [4.69, 9.17) is 8.23 Å². The van der Waals surface area contributed by atoms with E-state index in [1.165, 1.54) is 6.92 Å². The minimum Gasteiger partial charge on any atom is -0.436 e. The van der Waals surface area contributed by atoms with Crippen molar-refractivity contribution in [2.45, 2.75) is 162 Å². The summed E-state index contributed by atoms with van der Waals surface area (Å²) in [5.74, 6) is -44.3. The fourth-order valence-corrected chi connectivity index (χ4v) is 21.3. The van der Waals surface area contributed by atoms with Gasteiger partial charge in [-0.2, -0.15) is 92.2 Å². The first-order valence-electron chi connectivity index (χ1n) is 16.1. The van der Waals surface area contributed by atoms with Crippen LogP contribution in [0.2, 0.25) is 62.5 Å². The van der Waals surface area contributed by atoms with Gasteiger partial charge in [0.2, 0.25) is 0 Å². The third-order valence-electron chi connectivity index (χ3n) is 8.41. The summed E-state index contributed by atoms with van der Waals surface area (Å²) in [6.45, 7) is 3.77. The molecule has 4 nitrogen and oxygen atoms in total. The summed E-state index contributed by atoms with van der Waals surface area (Å²) < 4.78 is 303. The van der Waals surface area contributed by atoms with Gasteiger partial charge in [-0.25, -0.2) is 0 Å². The first kappa shape index (κ1) is 54.2. The zero-order valence-electron chi connectivity index (χ0n) is 29.6. The normalized spacial score (nSPS) is 19.4. The summed E-state index contributed by atoms with van der Waals surface area (Å²) in [6, 6.07) is -8.08. The Morgan fingerprint density at radius 3 is 1.09 bits per heavy atom. The van der Waals surface area contributed by atoms with E-state index in [1.807, 2.05) is 0 Å². The van der Waals surface area contributed by atoms with Crippen LogP contribution in [0.25, 0.3) is 0 Å². The molecule has 0 saturated carbocycles. The predicted molar refractivity (Wildman–Crippen MR) is 163 cm³/mol. The van der Waals surface area contributed by atoms with Crippen molar-refractivity contribution >= 4 is 33.8 Å². The highest BCUT2D eigenvalue weighted by atomic mass is 28.5. The van der Waals surface area contributed by atoms with Crippen molar-refractivity contribution in [1.82, 2.24) is 0 Å². The molecule has 0 aliphatic rings. The van der Waals surface area contributed by atoms with Crippen LogP contribution in [-0.2, 0) is 8.23 Å². The Balaban J connectivity index is 6.89. The molecule has 0 heterocycles. The standard InChI is InChI=1S/C26H41F21O4Si4/c1-6-12-52(2,48)13-7-18(27,28)23(40,41)25(44,45)26(46,47)24(42,43)19(29,30)8-14-53(3,15-9-20(31,32)33)50-55(5,17-11-22(37,38)39)51-54(4,49)16-10-21(34,35)36/h48-49H,6-17H2,1-5H3. The second-order valence-electron chi connectivity index (χ2n) is 14.3. The molecule has 0 amide bonds. The molecule has 0 aromatic rings. The Morgan fingerprint density at radius 1 is 0.400 bits per heavy atom. The van der Waals surface area contributed by atoms with Crippen molar-refractivity contribution in [2.24, 2.45) is 0 Å². The number of alkyl halides is 21. The lowest BCUT2D eigenvalue weighted by atomic mass is 9.90. The van der Waals surface area contributed by atoms with Gasteiger partial charge in [0.15, 0.2) is 16.6 Å². The van der Waals surface area contributed by atoms with E-state index in [1.54, 1.807) is 0 Å². The van der Waals surface area contributed by atoms with E-state index in [2.05, 4.69) is 0 Å². The summed E-state index contributed by atoms with van der Waals surface area (Å²) in [5.41, 5.74) is 0. The average molecular weight is 929 g/mol. The van der Waals surface area contributed by atoms with Crippen molar-refractivity contribution in [2.75, 3.05) is 0 Å². The number of halogens is 21. The SMILES string of the molecule is CCC[Si](C)(O)CCC(F)(F)C(F)(F)C(F)(F)C(F)(F)C(F)(F)C(F)(F)CC[Si](C)(CCC(F)(F)F)O[Si](C)(CCC(F)(F)F)O[Si](C)(O)CCC(F)(F)F. The second-order valence-corrected chi connectivity index (χ2v) is 29.4. The van der Waals surface area contributed by atoms with Gasteiger partial charge in [0.05, 0.1) is 0 Å². The molecule has 0 aromatic heterocycles. The van der Waals surface area contributed by atoms with Crippen LogP contribution in [0.3, 0.4) is 0 Å².